The van der Waals surface area contributed by atoms with E-state index in [1.165, 1.54) is 5.56 Å². The second-order valence-electron chi connectivity index (χ2n) is 6.12. The van der Waals surface area contributed by atoms with E-state index in [0.29, 0.717) is 6.04 Å². The van der Waals surface area contributed by atoms with E-state index in [4.69, 9.17) is 4.99 Å². The lowest BCUT2D eigenvalue weighted by molar-refractivity contribution is 0.324. The van der Waals surface area contributed by atoms with Crippen molar-refractivity contribution in [1.82, 2.24) is 15.5 Å². The lowest BCUT2D eigenvalue weighted by atomic mass is 10.2. The van der Waals surface area contributed by atoms with E-state index in [2.05, 4.69) is 72.0 Å². The summed E-state index contributed by atoms with van der Waals surface area (Å²) in [6.45, 7) is 5.92. The molecule has 4 heteroatoms. The monoisotopic (exact) mass is 314 g/mol. The zero-order valence-electron chi connectivity index (χ0n) is 14.5. The Balaban J connectivity index is 1.68. The van der Waals surface area contributed by atoms with Crippen molar-refractivity contribution in [2.75, 3.05) is 26.7 Å². The average molecular weight is 314 g/mol. The number of nitrogens with zero attached hydrogens (tertiary/aromatic N) is 2. The van der Waals surface area contributed by atoms with Gasteiger partial charge in [-0.3, -0.25) is 4.99 Å². The van der Waals surface area contributed by atoms with E-state index >= 15 is 0 Å². The summed E-state index contributed by atoms with van der Waals surface area (Å²) in [5.41, 5.74) is 1.36. The van der Waals surface area contributed by atoms with Crippen LogP contribution in [0.4, 0.5) is 0 Å². The summed E-state index contributed by atoms with van der Waals surface area (Å²) in [7, 11) is 2.17. The fourth-order valence-corrected chi connectivity index (χ4v) is 2.75. The lowest BCUT2D eigenvalue weighted by Gasteiger charge is -2.18. The molecule has 0 radical (unpaired) electrons. The van der Waals surface area contributed by atoms with Crippen LogP contribution < -0.4 is 10.6 Å². The molecule has 0 bridgehead atoms. The van der Waals surface area contributed by atoms with Gasteiger partial charge in [-0.2, -0.15) is 0 Å². The molecule has 1 aromatic rings. The molecule has 0 atom stereocenters. The van der Waals surface area contributed by atoms with Gasteiger partial charge in [-0.25, -0.2) is 0 Å². The van der Waals surface area contributed by atoms with Crippen molar-refractivity contribution in [3.63, 3.8) is 0 Å². The summed E-state index contributed by atoms with van der Waals surface area (Å²) in [6, 6.07) is 11.1. The van der Waals surface area contributed by atoms with Crippen molar-refractivity contribution in [3.05, 3.63) is 48.0 Å². The molecular weight excluding hydrogens is 284 g/mol. The van der Waals surface area contributed by atoms with E-state index in [-0.39, 0.29) is 0 Å². The maximum atomic E-state index is 4.70. The SMILES string of the molecule is CCNC(=NCCCN(C)Cc1ccccc1)NC1CC=CC1. The zero-order chi connectivity index (χ0) is 16.3. The van der Waals surface area contributed by atoms with Crippen LogP contribution in [0.2, 0.25) is 0 Å². The van der Waals surface area contributed by atoms with E-state index < -0.39 is 0 Å². The van der Waals surface area contributed by atoms with Gasteiger partial charge in [0.2, 0.25) is 0 Å². The predicted molar refractivity (Wildman–Crippen MR) is 98.7 cm³/mol. The minimum atomic E-state index is 0.508. The summed E-state index contributed by atoms with van der Waals surface area (Å²) in [4.78, 5) is 7.05. The van der Waals surface area contributed by atoms with Crippen LogP contribution in [-0.4, -0.2) is 43.6 Å². The van der Waals surface area contributed by atoms with Crippen LogP contribution in [0.1, 0.15) is 31.7 Å². The van der Waals surface area contributed by atoms with Gasteiger partial charge in [-0.1, -0.05) is 42.5 Å². The van der Waals surface area contributed by atoms with Gasteiger partial charge >= 0.3 is 0 Å². The van der Waals surface area contributed by atoms with Crippen molar-refractivity contribution in [1.29, 1.82) is 0 Å². The smallest absolute Gasteiger partial charge is 0.191 e. The summed E-state index contributed by atoms with van der Waals surface area (Å²) >= 11 is 0. The minimum Gasteiger partial charge on any atom is -0.357 e. The molecule has 0 saturated heterocycles. The highest BCUT2D eigenvalue weighted by atomic mass is 15.2. The highest BCUT2D eigenvalue weighted by Gasteiger charge is 2.11. The first-order chi connectivity index (χ1) is 11.3. The molecule has 0 aliphatic heterocycles. The predicted octanol–water partition coefficient (Wildman–Crippen LogP) is 2.78. The van der Waals surface area contributed by atoms with Crippen molar-refractivity contribution < 1.29 is 0 Å². The molecule has 1 aliphatic carbocycles. The normalized spacial score (nSPS) is 15.3. The third-order valence-corrected chi connectivity index (χ3v) is 3.96. The van der Waals surface area contributed by atoms with Crippen LogP contribution in [0.5, 0.6) is 0 Å². The number of hydrogen-bond acceptors (Lipinski definition) is 2. The van der Waals surface area contributed by atoms with Gasteiger partial charge in [0.05, 0.1) is 0 Å². The van der Waals surface area contributed by atoms with Gasteiger partial charge in [0.15, 0.2) is 5.96 Å². The van der Waals surface area contributed by atoms with Gasteiger partial charge in [-0.05, 0) is 45.3 Å². The Morgan fingerprint density at radius 2 is 1.96 bits per heavy atom. The van der Waals surface area contributed by atoms with E-state index in [0.717, 1.165) is 51.4 Å². The van der Waals surface area contributed by atoms with Gasteiger partial charge in [0.25, 0.3) is 0 Å². The van der Waals surface area contributed by atoms with Crippen molar-refractivity contribution >= 4 is 5.96 Å². The Labute approximate surface area is 140 Å². The zero-order valence-corrected chi connectivity index (χ0v) is 14.5. The average Bonchev–Trinajstić information content (AvgIpc) is 3.05. The first kappa shape index (κ1) is 17.5. The molecule has 0 unspecified atom stereocenters. The van der Waals surface area contributed by atoms with E-state index in [1.807, 2.05) is 0 Å². The molecule has 1 aliphatic rings. The van der Waals surface area contributed by atoms with E-state index in [9.17, 15) is 0 Å². The quantitative estimate of drug-likeness (QED) is 0.335. The molecule has 0 fully saturated rings. The van der Waals surface area contributed by atoms with Crippen LogP contribution in [0, 0.1) is 0 Å². The van der Waals surface area contributed by atoms with Gasteiger partial charge < -0.3 is 15.5 Å². The molecule has 2 rings (SSSR count). The number of rotatable bonds is 8. The molecule has 0 spiro atoms. The van der Waals surface area contributed by atoms with Crippen LogP contribution in [0.25, 0.3) is 0 Å². The third kappa shape index (κ3) is 6.87. The maximum absolute atomic E-state index is 4.70. The van der Waals surface area contributed by atoms with Gasteiger partial charge in [-0.15, -0.1) is 0 Å². The summed E-state index contributed by atoms with van der Waals surface area (Å²) in [5, 5.41) is 6.84. The molecule has 0 heterocycles. The summed E-state index contributed by atoms with van der Waals surface area (Å²) < 4.78 is 0. The second-order valence-corrected chi connectivity index (χ2v) is 6.12. The summed E-state index contributed by atoms with van der Waals surface area (Å²) in [5.74, 6) is 0.951. The van der Waals surface area contributed by atoms with Crippen LogP contribution >= 0.6 is 0 Å². The number of benzene rings is 1. The number of nitrogens with one attached hydrogen (secondary N) is 2. The molecule has 0 amide bonds. The highest BCUT2D eigenvalue weighted by molar-refractivity contribution is 5.80. The summed E-state index contributed by atoms with van der Waals surface area (Å²) in [6.07, 6.45) is 7.75. The molecule has 2 N–H and O–H groups in total. The van der Waals surface area contributed by atoms with Crippen LogP contribution in [-0.2, 0) is 6.54 Å². The fourth-order valence-electron chi connectivity index (χ4n) is 2.75. The molecule has 23 heavy (non-hydrogen) atoms. The molecule has 4 nitrogen and oxygen atoms in total. The Bertz CT molecular complexity index is 487. The molecule has 1 aromatic carbocycles. The number of hydrogen-bond donors (Lipinski definition) is 2. The molecule has 0 saturated carbocycles. The number of aliphatic imine (C=N–C) groups is 1. The Kier molecular flexibility index (Phi) is 7.67. The topological polar surface area (TPSA) is 39.7 Å². The Morgan fingerprint density at radius 3 is 2.65 bits per heavy atom. The first-order valence-electron chi connectivity index (χ1n) is 8.70. The highest BCUT2D eigenvalue weighted by Crippen LogP contribution is 2.08. The van der Waals surface area contributed by atoms with Crippen LogP contribution in [0.15, 0.2) is 47.5 Å². The van der Waals surface area contributed by atoms with Crippen molar-refractivity contribution in [3.8, 4) is 0 Å². The standard InChI is InChI=1S/C19H30N4/c1-3-20-19(22-18-12-7-8-13-18)21-14-9-15-23(2)16-17-10-5-4-6-11-17/h4-8,10-11,18H,3,9,12-16H2,1-2H3,(H2,20,21,22). The Morgan fingerprint density at radius 1 is 1.22 bits per heavy atom. The minimum absolute atomic E-state index is 0.508. The van der Waals surface area contributed by atoms with Gasteiger partial charge in [0, 0.05) is 25.7 Å². The maximum Gasteiger partial charge on any atom is 0.191 e. The fraction of sp³-hybridized carbons (Fsp3) is 0.526. The third-order valence-electron chi connectivity index (χ3n) is 3.96. The van der Waals surface area contributed by atoms with Crippen molar-refractivity contribution in [2.45, 2.75) is 38.8 Å². The molecule has 0 aromatic heterocycles. The van der Waals surface area contributed by atoms with E-state index in [1.54, 1.807) is 0 Å². The number of guanidine groups is 1. The van der Waals surface area contributed by atoms with Crippen LogP contribution in [0.3, 0.4) is 0 Å². The van der Waals surface area contributed by atoms with Gasteiger partial charge in [0.1, 0.15) is 0 Å². The lowest BCUT2D eigenvalue weighted by Crippen LogP contribution is -2.42. The molecular formula is C19H30N4. The second kappa shape index (κ2) is 10.1. The largest absolute Gasteiger partial charge is 0.357 e. The Hall–Kier alpha value is -1.81. The first-order valence-corrected chi connectivity index (χ1v) is 8.70. The van der Waals surface area contributed by atoms with Crippen molar-refractivity contribution in [2.24, 2.45) is 4.99 Å². The molecule has 126 valence electrons.